The summed E-state index contributed by atoms with van der Waals surface area (Å²) >= 11 is 3.59. The van der Waals surface area contributed by atoms with Gasteiger partial charge in [0, 0.05) is 6.54 Å². The summed E-state index contributed by atoms with van der Waals surface area (Å²) in [5.74, 6) is 0.876. The highest BCUT2D eigenvalue weighted by atomic mass is 79.9. The van der Waals surface area contributed by atoms with Crippen LogP contribution in [0.15, 0.2) is 53.0 Å². The van der Waals surface area contributed by atoms with Gasteiger partial charge in [0.2, 0.25) is 0 Å². The van der Waals surface area contributed by atoms with Crippen molar-refractivity contribution in [2.75, 3.05) is 6.54 Å². The maximum Gasteiger partial charge on any atom is 0.134 e. The summed E-state index contributed by atoms with van der Waals surface area (Å²) in [6.45, 7) is 6.02. The second-order valence-corrected chi connectivity index (χ2v) is 5.57. The van der Waals surface area contributed by atoms with Gasteiger partial charge < -0.3 is 10.1 Å². The second-order valence-electron chi connectivity index (χ2n) is 4.72. The Morgan fingerprint density at radius 2 is 1.90 bits per heavy atom. The standard InChI is InChI=1S/C17H20BrNO/c1-3-19-12-14-9-10-17(16(18)11-14)20-13(2)15-7-5-4-6-8-15/h4-11,13,19H,3,12H2,1-2H3. The molecule has 0 saturated heterocycles. The minimum absolute atomic E-state index is 0.0344. The summed E-state index contributed by atoms with van der Waals surface area (Å²) in [5.41, 5.74) is 2.43. The molecule has 0 spiro atoms. The molecule has 2 aromatic carbocycles. The third kappa shape index (κ3) is 4.09. The van der Waals surface area contributed by atoms with E-state index in [0.717, 1.165) is 23.3 Å². The molecule has 0 aliphatic carbocycles. The average molecular weight is 334 g/mol. The molecule has 2 rings (SSSR count). The van der Waals surface area contributed by atoms with Crippen LogP contribution in [0.5, 0.6) is 5.75 Å². The van der Waals surface area contributed by atoms with Gasteiger partial charge in [0.05, 0.1) is 4.47 Å². The van der Waals surface area contributed by atoms with Crippen LogP contribution in [0, 0.1) is 0 Å². The highest BCUT2D eigenvalue weighted by Crippen LogP contribution is 2.30. The molecule has 20 heavy (non-hydrogen) atoms. The lowest BCUT2D eigenvalue weighted by molar-refractivity contribution is 0.225. The summed E-state index contributed by atoms with van der Waals surface area (Å²) in [4.78, 5) is 0. The third-order valence-electron chi connectivity index (χ3n) is 3.15. The van der Waals surface area contributed by atoms with E-state index in [9.17, 15) is 0 Å². The van der Waals surface area contributed by atoms with Crippen molar-refractivity contribution < 1.29 is 4.74 Å². The SMILES string of the molecule is CCNCc1ccc(OC(C)c2ccccc2)c(Br)c1. The van der Waals surface area contributed by atoms with E-state index in [2.05, 4.69) is 59.4 Å². The minimum atomic E-state index is 0.0344. The highest BCUT2D eigenvalue weighted by Gasteiger charge is 2.09. The van der Waals surface area contributed by atoms with Crippen LogP contribution < -0.4 is 10.1 Å². The van der Waals surface area contributed by atoms with E-state index in [-0.39, 0.29) is 6.10 Å². The average Bonchev–Trinajstić information content (AvgIpc) is 2.48. The quantitative estimate of drug-likeness (QED) is 0.827. The van der Waals surface area contributed by atoms with E-state index in [0.29, 0.717) is 0 Å². The topological polar surface area (TPSA) is 21.3 Å². The number of hydrogen-bond acceptors (Lipinski definition) is 2. The number of nitrogens with one attached hydrogen (secondary N) is 1. The lowest BCUT2D eigenvalue weighted by Crippen LogP contribution is -2.11. The minimum Gasteiger partial charge on any atom is -0.485 e. The Labute approximate surface area is 129 Å². The van der Waals surface area contributed by atoms with Crippen molar-refractivity contribution >= 4 is 15.9 Å². The fraction of sp³-hybridized carbons (Fsp3) is 0.294. The molecular formula is C17H20BrNO. The molecular weight excluding hydrogens is 314 g/mol. The molecule has 2 nitrogen and oxygen atoms in total. The Hall–Kier alpha value is -1.32. The molecule has 0 fully saturated rings. The fourth-order valence-corrected chi connectivity index (χ4v) is 2.52. The zero-order valence-corrected chi connectivity index (χ0v) is 13.5. The Morgan fingerprint density at radius 1 is 1.15 bits per heavy atom. The summed E-state index contributed by atoms with van der Waals surface area (Å²) in [5, 5.41) is 3.32. The van der Waals surface area contributed by atoms with Gasteiger partial charge in [-0.25, -0.2) is 0 Å². The second kappa shape index (κ2) is 7.46. The van der Waals surface area contributed by atoms with Crippen molar-refractivity contribution in [3.05, 3.63) is 64.1 Å². The fourth-order valence-electron chi connectivity index (χ4n) is 2.00. The molecule has 0 saturated carbocycles. The number of hydrogen-bond donors (Lipinski definition) is 1. The Morgan fingerprint density at radius 3 is 2.55 bits per heavy atom. The molecule has 106 valence electrons. The monoisotopic (exact) mass is 333 g/mol. The molecule has 1 N–H and O–H groups in total. The molecule has 3 heteroatoms. The Kier molecular flexibility index (Phi) is 5.62. The molecule has 0 amide bonds. The van der Waals surface area contributed by atoms with Crippen molar-refractivity contribution in [3.8, 4) is 5.75 Å². The van der Waals surface area contributed by atoms with Crippen molar-refractivity contribution in [1.29, 1.82) is 0 Å². The van der Waals surface area contributed by atoms with E-state index in [1.54, 1.807) is 0 Å². The van der Waals surface area contributed by atoms with Gasteiger partial charge in [0.25, 0.3) is 0 Å². The van der Waals surface area contributed by atoms with Crippen LogP contribution in [0.2, 0.25) is 0 Å². The van der Waals surface area contributed by atoms with Gasteiger partial charge in [-0.15, -0.1) is 0 Å². The number of rotatable bonds is 6. The van der Waals surface area contributed by atoms with Crippen LogP contribution >= 0.6 is 15.9 Å². The Bertz CT molecular complexity index is 542. The van der Waals surface area contributed by atoms with Crippen LogP contribution in [0.3, 0.4) is 0 Å². The molecule has 1 unspecified atom stereocenters. The van der Waals surface area contributed by atoms with Gasteiger partial charge in [0.15, 0.2) is 0 Å². The normalized spacial score (nSPS) is 12.2. The maximum absolute atomic E-state index is 6.02. The van der Waals surface area contributed by atoms with E-state index >= 15 is 0 Å². The largest absolute Gasteiger partial charge is 0.485 e. The third-order valence-corrected chi connectivity index (χ3v) is 3.77. The predicted octanol–water partition coefficient (Wildman–Crippen LogP) is 4.70. The summed E-state index contributed by atoms with van der Waals surface area (Å²) in [7, 11) is 0. The van der Waals surface area contributed by atoms with E-state index < -0.39 is 0 Å². The molecule has 0 aliphatic heterocycles. The zero-order valence-electron chi connectivity index (χ0n) is 11.9. The Balaban J connectivity index is 2.06. The van der Waals surface area contributed by atoms with Crippen molar-refractivity contribution in [2.24, 2.45) is 0 Å². The molecule has 2 aromatic rings. The van der Waals surface area contributed by atoms with E-state index in [4.69, 9.17) is 4.74 Å². The highest BCUT2D eigenvalue weighted by molar-refractivity contribution is 9.10. The van der Waals surface area contributed by atoms with Gasteiger partial charge in [-0.2, -0.15) is 0 Å². The number of halogens is 1. The van der Waals surface area contributed by atoms with Crippen molar-refractivity contribution in [1.82, 2.24) is 5.32 Å². The van der Waals surface area contributed by atoms with Gasteiger partial charge >= 0.3 is 0 Å². The first-order valence-corrected chi connectivity index (χ1v) is 7.70. The van der Waals surface area contributed by atoms with Crippen LogP contribution in [0.25, 0.3) is 0 Å². The first-order chi connectivity index (χ1) is 9.70. The lowest BCUT2D eigenvalue weighted by Gasteiger charge is -2.16. The van der Waals surface area contributed by atoms with Crippen LogP contribution in [-0.2, 0) is 6.54 Å². The number of benzene rings is 2. The van der Waals surface area contributed by atoms with Crippen LogP contribution in [-0.4, -0.2) is 6.54 Å². The molecule has 0 heterocycles. The summed E-state index contributed by atoms with van der Waals surface area (Å²) in [6, 6.07) is 16.5. The van der Waals surface area contributed by atoms with Crippen molar-refractivity contribution in [2.45, 2.75) is 26.5 Å². The smallest absolute Gasteiger partial charge is 0.134 e. The van der Waals surface area contributed by atoms with Crippen molar-refractivity contribution in [3.63, 3.8) is 0 Å². The van der Waals surface area contributed by atoms with Crippen LogP contribution in [0.1, 0.15) is 31.1 Å². The summed E-state index contributed by atoms with van der Waals surface area (Å²) < 4.78 is 7.02. The molecule has 0 aliphatic rings. The van der Waals surface area contributed by atoms with Gasteiger partial charge in [0.1, 0.15) is 11.9 Å². The maximum atomic E-state index is 6.02. The number of ether oxygens (including phenoxy) is 1. The summed E-state index contributed by atoms with van der Waals surface area (Å²) in [6.07, 6.45) is 0.0344. The first kappa shape index (κ1) is 15.1. The molecule has 0 radical (unpaired) electrons. The molecule has 1 atom stereocenters. The van der Waals surface area contributed by atoms with Gasteiger partial charge in [-0.1, -0.05) is 43.3 Å². The van der Waals surface area contributed by atoms with Gasteiger partial charge in [-0.05, 0) is 52.7 Å². The van der Waals surface area contributed by atoms with E-state index in [1.807, 2.05) is 24.3 Å². The van der Waals surface area contributed by atoms with E-state index in [1.165, 1.54) is 11.1 Å². The lowest BCUT2D eigenvalue weighted by atomic mass is 10.1. The van der Waals surface area contributed by atoms with Crippen LogP contribution in [0.4, 0.5) is 0 Å². The predicted molar refractivity (Wildman–Crippen MR) is 87.0 cm³/mol. The molecule has 0 aromatic heterocycles. The van der Waals surface area contributed by atoms with Gasteiger partial charge in [-0.3, -0.25) is 0 Å². The molecule has 0 bridgehead atoms. The first-order valence-electron chi connectivity index (χ1n) is 6.91. The zero-order chi connectivity index (χ0) is 14.4.